The molecular weight excluding hydrogens is 506 g/mol. The molecule has 8 heteroatoms. The number of hydrogen-bond donors (Lipinski definition) is 1. The van der Waals surface area contributed by atoms with Crippen LogP contribution < -0.4 is 15.0 Å². The molecule has 0 aliphatic carbocycles. The molecule has 0 saturated heterocycles. The van der Waals surface area contributed by atoms with E-state index in [0.717, 1.165) is 45.8 Å². The predicted molar refractivity (Wildman–Crippen MR) is 156 cm³/mol. The first-order valence-corrected chi connectivity index (χ1v) is 13.3. The van der Waals surface area contributed by atoms with Crippen molar-refractivity contribution in [3.05, 3.63) is 98.9 Å². The van der Waals surface area contributed by atoms with Gasteiger partial charge in [0.15, 0.2) is 0 Å². The molecule has 0 radical (unpaired) electrons. The van der Waals surface area contributed by atoms with Crippen LogP contribution in [0.15, 0.2) is 65.5 Å². The van der Waals surface area contributed by atoms with Crippen molar-refractivity contribution < 1.29 is 19.3 Å². The lowest BCUT2D eigenvalue weighted by Crippen LogP contribution is -2.26. The van der Waals surface area contributed by atoms with Gasteiger partial charge in [-0.05, 0) is 67.1 Å². The number of aliphatic hydroxyl groups is 1. The van der Waals surface area contributed by atoms with Crippen molar-refractivity contribution in [2.45, 2.75) is 39.3 Å². The van der Waals surface area contributed by atoms with E-state index >= 15 is 0 Å². The van der Waals surface area contributed by atoms with Gasteiger partial charge in [0.05, 0.1) is 50.4 Å². The second-order valence-electron chi connectivity index (χ2n) is 10.1. The zero-order valence-corrected chi connectivity index (χ0v) is 23.6. The van der Waals surface area contributed by atoms with E-state index in [4.69, 9.17) is 19.2 Å². The highest BCUT2D eigenvalue weighted by molar-refractivity contribution is 5.89. The van der Waals surface area contributed by atoms with Crippen LogP contribution in [-0.4, -0.2) is 47.9 Å². The maximum atomic E-state index is 13.7. The van der Waals surface area contributed by atoms with Crippen molar-refractivity contribution in [3.8, 4) is 22.9 Å². The molecule has 40 heavy (non-hydrogen) atoms. The van der Waals surface area contributed by atoms with Gasteiger partial charge in [0.1, 0.15) is 11.5 Å². The summed E-state index contributed by atoms with van der Waals surface area (Å²) in [6, 6.07) is 15.8. The Balaban J connectivity index is 1.64. The van der Waals surface area contributed by atoms with Crippen LogP contribution in [0.4, 0.5) is 0 Å². The van der Waals surface area contributed by atoms with Crippen LogP contribution >= 0.6 is 0 Å². The van der Waals surface area contributed by atoms with Gasteiger partial charge in [-0.2, -0.15) is 0 Å². The van der Waals surface area contributed by atoms with E-state index in [-0.39, 0.29) is 12.2 Å². The number of pyridine rings is 2. The van der Waals surface area contributed by atoms with E-state index in [9.17, 15) is 9.90 Å². The summed E-state index contributed by atoms with van der Waals surface area (Å²) in [6.07, 6.45) is 2.52. The number of ether oxygens (including phenoxy) is 3. The molecule has 8 nitrogen and oxygen atoms in total. The van der Waals surface area contributed by atoms with Gasteiger partial charge in [-0.25, -0.2) is 4.98 Å². The van der Waals surface area contributed by atoms with Gasteiger partial charge in [0, 0.05) is 36.7 Å². The van der Waals surface area contributed by atoms with Crippen LogP contribution in [0.2, 0.25) is 0 Å². The summed E-state index contributed by atoms with van der Waals surface area (Å²) < 4.78 is 18.0. The highest BCUT2D eigenvalue weighted by atomic mass is 16.5. The molecule has 0 fully saturated rings. The van der Waals surface area contributed by atoms with Gasteiger partial charge >= 0.3 is 0 Å². The predicted octanol–water partition coefficient (Wildman–Crippen LogP) is 4.83. The lowest BCUT2D eigenvalue weighted by molar-refractivity contribution is 0.175. The first kappa shape index (κ1) is 27.6. The maximum absolute atomic E-state index is 13.7. The third-order valence-corrected chi connectivity index (χ3v) is 7.43. The lowest BCUT2D eigenvalue weighted by Gasteiger charge is -2.21. The van der Waals surface area contributed by atoms with E-state index in [1.807, 2.05) is 43.3 Å². The van der Waals surface area contributed by atoms with Gasteiger partial charge in [0.2, 0.25) is 0 Å². The first-order valence-electron chi connectivity index (χ1n) is 13.3. The molecule has 1 N–H and O–H groups in total. The van der Waals surface area contributed by atoms with Crippen LogP contribution in [0.1, 0.15) is 40.8 Å². The summed E-state index contributed by atoms with van der Waals surface area (Å²) >= 11 is 0. The molecule has 3 heterocycles. The number of benzene rings is 2. The summed E-state index contributed by atoms with van der Waals surface area (Å²) in [5.41, 5.74) is 6.38. The Labute approximate surface area is 234 Å². The van der Waals surface area contributed by atoms with Crippen molar-refractivity contribution in [2.75, 3.05) is 28.4 Å². The van der Waals surface area contributed by atoms with Gasteiger partial charge in [-0.3, -0.25) is 9.69 Å². The molecule has 1 atom stereocenters. The Hall–Kier alpha value is -3.98. The van der Waals surface area contributed by atoms with E-state index in [2.05, 4.69) is 24.1 Å². The summed E-state index contributed by atoms with van der Waals surface area (Å²) in [7, 11) is 6.95. The fraction of sp³-hybridized carbons (Fsp3) is 0.312. The molecule has 2 aromatic heterocycles. The normalized spacial score (nSPS) is 13.2. The number of hydrogen-bond acceptors (Lipinski definition) is 7. The molecule has 1 unspecified atom stereocenters. The lowest BCUT2D eigenvalue weighted by atomic mass is 9.98. The molecule has 4 aromatic rings. The Kier molecular flexibility index (Phi) is 8.02. The quantitative estimate of drug-likeness (QED) is 0.254. The third kappa shape index (κ3) is 5.13. The number of aromatic nitrogens is 2. The Morgan fingerprint density at radius 3 is 2.42 bits per heavy atom. The molecule has 0 spiro atoms. The minimum Gasteiger partial charge on any atom is -0.497 e. The van der Waals surface area contributed by atoms with E-state index in [1.165, 1.54) is 5.56 Å². The van der Waals surface area contributed by atoms with Crippen molar-refractivity contribution in [3.63, 3.8) is 0 Å². The van der Waals surface area contributed by atoms with Crippen molar-refractivity contribution in [1.82, 2.24) is 14.5 Å². The molecule has 1 aliphatic heterocycles. The highest BCUT2D eigenvalue weighted by Gasteiger charge is 2.29. The van der Waals surface area contributed by atoms with Gasteiger partial charge in [-0.15, -0.1) is 0 Å². The van der Waals surface area contributed by atoms with Gasteiger partial charge in [-0.1, -0.05) is 24.3 Å². The van der Waals surface area contributed by atoms with E-state index in [0.29, 0.717) is 29.9 Å². The highest BCUT2D eigenvalue weighted by Crippen LogP contribution is 2.38. The second-order valence-corrected chi connectivity index (χ2v) is 10.1. The molecule has 0 amide bonds. The number of nitrogens with zero attached hydrogens (tertiary/aromatic N) is 3. The first-order chi connectivity index (χ1) is 19.4. The third-order valence-electron chi connectivity index (χ3n) is 7.43. The molecule has 208 valence electrons. The van der Waals surface area contributed by atoms with E-state index in [1.54, 1.807) is 38.0 Å². The Morgan fingerprint density at radius 1 is 1.02 bits per heavy atom. The molecule has 2 aromatic carbocycles. The van der Waals surface area contributed by atoms with Gasteiger partial charge < -0.3 is 23.9 Å². The number of fused-ring (bicyclic) bond motifs is 4. The summed E-state index contributed by atoms with van der Waals surface area (Å²) in [5.74, 6) is 1.58. The molecule has 0 bridgehead atoms. The van der Waals surface area contributed by atoms with Gasteiger partial charge in [0.25, 0.3) is 5.56 Å². The summed E-state index contributed by atoms with van der Waals surface area (Å²) in [5, 5.41) is 11.9. The van der Waals surface area contributed by atoms with E-state index < -0.39 is 6.10 Å². The minimum atomic E-state index is -0.919. The number of rotatable bonds is 10. The van der Waals surface area contributed by atoms with Crippen LogP contribution in [0, 0.1) is 0 Å². The minimum absolute atomic E-state index is 0.115. The van der Waals surface area contributed by atoms with Crippen LogP contribution in [0.3, 0.4) is 0 Å². The van der Waals surface area contributed by atoms with Crippen molar-refractivity contribution in [2.24, 2.45) is 0 Å². The average molecular weight is 542 g/mol. The number of methoxy groups -OCH3 is 3. The molecular formula is C32H35N3O5. The number of aliphatic hydroxyl groups excluding tert-OH is 1. The largest absolute Gasteiger partial charge is 0.497 e. The second kappa shape index (κ2) is 11.6. The monoisotopic (exact) mass is 541 g/mol. The Morgan fingerprint density at radius 2 is 1.75 bits per heavy atom. The molecule has 1 aliphatic rings. The van der Waals surface area contributed by atoms with Crippen molar-refractivity contribution in [1.29, 1.82) is 0 Å². The maximum Gasteiger partial charge on any atom is 0.257 e. The molecule has 0 saturated carbocycles. The number of allylic oxidation sites excluding steroid dienone is 1. The summed E-state index contributed by atoms with van der Waals surface area (Å²) in [4.78, 5) is 21.0. The molecule has 5 rings (SSSR count). The Bertz CT molecular complexity index is 1630. The van der Waals surface area contributed by atoms with Crippen LogP contribution in [-0.2, 0) is 31.0 Å². The van der Waals surface area contributed by atoms with Crippen LogP contribution in [0.25, 0.3) is 22.3 Å². The summed E-state index contributed by atoms with van der Waals surface area (Å²) in [6.45, 7) is 3.72. The smallest absolute Gasteiger partial charge is 0.257 e. The SMILES string of the molecule is C/C=C/C(O)c1cc2n(c(=O)c1COC)Cc1c-2nc2ccc(OC)cc2c1CN(C)Cc1ccc(OC)cc1. The standard InChI is InChI=1S/C32H35N3O5/c1-6-7-30(36)24-15-29-31-26(18-35(29)32(37)27(24)19-38-3)25(23-14-22(40-5)12-13-28(23)33-31)17-34(2)16-20-8-10-21(39-4)11-9-20/h6-15,30,36H,16-19H2,1-5H3/b7-6+. The van der Waals surface area contributed by atoms with Crippen molar-refractivity contribution >= 4 is 10.9 Å². The van der Waals surface area contributed by atoms with Crippen LogP contribution in [0.5, 0.6) is 11.5 Å². The zero-order chi connectivity index (χ0) is 28.4. The zero-order valence-electron chi connectivity index (χ0n) is 23.6. The topological polar surface area (TPSA) is 86.1 Å². The fourth-order valence-corrected chi connectivity index (χ4v) is 5.46. The fourth-order valence-electron chi connectivity index (χ4n) is 5.46. The average Bonchev–Trinajstić information content (AvgIpc) is 3.33.